The first-order valence-corrected chi connectivity index (χ1v) is 6.57. The first kappa shape index (κ1) is 12.3. The molecule has 3 nitrogen and oxygen atoms in total. The standard InChI is InChI=1S/C12H14ClN3S/c1-7-6-10(9(3)17-7)8(2)16-12-11(13)14-4-5-15-12/h4-6,8H,1-3H3,(H,15,16). The maximum Gasteiger partial charge on any atom is 0.171 e. The van der Waals surface area contributed by atoms with Crippen molar-refractivity contribution in [2.75, 3.05) is 5.32 Å². The molecule has 90 valence electrons. The second-order valence-corrected chi connectivity index (χ2v) is 5.75. The molecule has 0 aliphatic heterocycles. The predicted molar refractivity (Wildman–Crippen MR) is 72.9 cm³/mol. The molecule has 5 heteroatoms. The second-order valence-electron chi connectivity index (χ2n) is 3.93. The van der Waals surface area contributed by atoms with Crippen LogP contribution in [-0.4, -0.2) is 9.97 Å². The Morgan fingerprint density at radius 2 is 2.00 bits per heavy atom. The van der Waals surface area contributed by atoms with E-state index in [1.165, 1.54) is 15.3 Å². The molecule has 0 aliphatic carbocycles. The van der Waals surface area contributed by atoms with Crippen LogP contribution in [0.15, 0.2) is 18.5 Å². The van der Waals surface area contributed by atoms with E-state index in [4.69, 9.17) is 11.6 Å². The molecule has 2 aromatic rings. The maximum absolute atomic E-state index is 5.97. The number of anilines is 1. The molecule has 0 aromatic carbocycles. The summed E-state index contributed by atoms with van der Waals surface area (Å²) in [4.78, 5) is 10.8. The average Bonchev–Trinajstić information content (AvgIpc) is 2.61. The summed E-state index contributed by atoms with van der Waals surface area (Å²) in [6.45, 7) is 6.34. The highest BCUT2D eigenvalue weighted by molar-refractivity contribution is 7.12. The number of rotatable bonds is 3. The Hall–Kier alpha value is -1.13. The summed E-state index contributed by atoms with van der Waals surface area (Å²) in [5.74, 6) is 0.630. The topological polar surface area (TPSA) is 37.8 Å². The summed E-state index contributed by atoms with van der Waals surface area (Å²) in [5, 5.41) is 3.69. The van der Waals surface area contributed by atoms with E-state index in [9.17, 15) is 0 Å². The molecule has 1 N–H and O–H groups in total. The first-order chi connectivity index (χ1) is 8.08. The minimum atomic E-state index is 0.175. The molecule has 2 heterocycles. The van der Waals surface area contributed by atoms with Crippen LogP contribution in [0.4, 0.5) is 5.82 Å². The van der Waals surface area contributed by atoms with Gasteiger partial charge in [0.25, 0.3) is 0 Å². The molecule has 0 bridgehead atoms. The Balaban J connectivity index is 2.20. The number of hydrogen-bond acceptors (Lipinski definition) is 4. The van der Waals surface area contributed by atoms with Gasteiger partial charge in [0.15, 0.2) is 11.0 Å². The number of nitrogens with one attached hydrogen (secondary N) is 1. The van der Waals surface area contributed by atoms with Crippen molar-refractivity contribution < 1.29 is 0 Å². The van der Waals surface area contributed by atoms with Crippen molar-refractivity contribution >= 4 is 28.8 Å². The largest absolute Gasteiger partial charge is 0.361 e. The molecule has 1 atom stereocenters. The average molecular weight is 268 g/mol. The zero-order valence-corrected chi connectivity index (χ0v) is 11.6. The van der Waals surface area contributed by atoms with Gasteiger partial charge in [-0.2, -0.15) is 0 Å². The molecule has 0 radical (unpaired) electrons. The van der Waals surface area contributed by atoms with Crippen molar-refractivity contribution in [2.24, 2.45) is 0 Å². The number of thiophene rings is 1. The highest BCUT2D eigenvalue weighted by Gasteiger charge is 2.13. The zero-order valence-electron chi connectivity index (χ0n) is 9.99. The third-order valence-electron chi connectivity index (χ3n) is 2.55. The molecular weight excluding hydrogens is 254 g/mol. The van der Waals surface area contributed by atoms with Gasteiger partial charge in [-0.3, -0.25) is 0 Å². The highest BCUT2D eigenvalue weighted by atomic mass is 35.5. The maximum atomic E-state index is 5.97. The van der Waals surface area contributed by atoms with Gasteiger partial charge < -0.3 is 5.32 Å². The molecule has 0 spiro atoms. The summed E-state index contributed by atoms with van der Waals surface area (Å²) < 4.78 is 0. The van der Waals surface area contributed by atoms with Crippen LogP contribution >= 0.6 is 22.9 Å². The van der Waals surface area contributed by atoms with Gasteiger partial charge in [0.2, 0.25) is 0 Å². The zero-order chi connectivity index (χ0) is 12.4. The lowest BCUT2D eigenvalue weighted by Gasteiger charge is -2.14. The van der Waals surface area contributed by atoms with Crippen LogP contribution in [-0.2, 0) is 0 Å². The molecule has 2 rings (SSSR count). The summed E-state index contributed by atoms with van der Waals surface area (Å²) in [7, 11) is 0. The smallest absolute Gasteiger partial charge is 0.171 e. The number of aromatic nitrogens is 2. The molecule has 0 amide bonds. The third kappa shape index (κ3) is 2.76. The number of halogens is 1. The van der Waals surface area contributed by atoms with Crippen molar-refractivity contribution in [1.82, 2.24) is 9.97 Å². The second kappa shape index (κ2) is 5.02. The fourth-order valence-electron chi connectivity index (χ4n) is 1.78. The lowest BCUT2D eigenvalue weighted by Crippen LogP contribution is -2.08. The Kier molecular flexibility index (Phi) is 3.64. The van der Waals surface area contributed by atoms with Crippen molar-refractivity contribution in [3.05, 3.63) is 38.9 Å². The molecule has 17 heavy (non-hydrogen) atoms. The van der Waals surface area contributed by atoms with Crippen molar-refractivity contribution in [1.29, 1.82) is 0 Å². The molecule has 2 aromatic heterocycles. The van der Waals surface area contributed by atoms with Gasteiger partial charge in [-0.15, -0.1) is 11.3 Å². The number of nitrogens with zero attached hydrogens (tertiary/aromatic N) is 2. The quantitative estimate of drug-likeness (QED) is 0.914. The minimum Gasteiger partial charge on any atom is -0.361 e. The fraction of sp³-hybridized carbons (Fsp3) is 0.333. The summed E-state index contributed by atoms with van der Waals surface area (Å²) >= 11 is 7.77. The number of aryl methyl sites for hydroxylation is 2. The van der Waals surface area contributed by atoms with E-state index in [-0.39, 0.29) is 6.04 Å². The van der Waals surface area contributed by atoms with Crippen LogP contribution < -0.4 is 5.32 Å². The first-order valence-electron chi connectivity index (χ1n) is 5.38. The Morgan fingerprint density at radius 1 is 1.29 bits per heavy atom. The minimum absolute atomic E-state index is 0.175. The van der Waals surface area contributed by atoms with E-state index in [0.717, 1.165) is 0 Å². The van der Waals surface area contributed by atoms with E-state index >= 15 is 0 Å². The molecule has 1 unspecified atom stereocenters. The van der Waals surface area contributed by atoms with Crippen LogP contribution in [0.1, 0.15) is 28.3 Å². The SMILES string of the molecule is Cc1cc(C(C)Nc2nccnc2Cl)c(C)s1. The Morgan fingerprint density at radius 3 is 2.59 bits per heavy atom. The van der Waals surface area contributed by atoms with E-state index in [0.29, 0.717) is 11.0 Å². The van der Waals surface area contributed by atoms with Gasteiger partial charge in [-0.25, -0.2) is 9.97 Å². The molecule has 0 saturated heterocycles. The van der Waals surface area contributed by atoms with Crippen LogP contribution in [0, 0.1) is 13.8 Å². The lowest BCUT2D eigenvalue weighted by atomic mass is 10.1. The Bertz CT molecular complexity index is 524. The highest BCUT2D eigenvalue weighted by Crippen LogP contribution is 2.29. The predicted octanol–water partition coefficient (Wildman–Crippen LogP) is 3.98. The van der Waals surface area contributed by atoms with Crippen molar-refractivity contribution in [3.63, 3.8) is 0 Å². The van der Waals surface area contributed by atoms with Gasteiger partial charge in [0, 0.05) is 22.1 Å². The van der Waals surface area contributed by atoms with Crippen LogP contribution in [0.25, 0.3) is 0 Å². The molecule has 0 aliphatic rings. The van der Waals surface area contributed by atoms with Gasteiger partial charge in [0.05, 0.1) is 6.04 Å². The summed E-state index contributed by atoms with van der Waals surface area (Å²) in [5.41, 5.74) is 1.29. The van der Waals surface area contributed by atoms with E-state index in [1.54, 1.807) is 23.7 Å². The molecule has 0 saturated carbocycles. The van der Waals surface area contributed by atoms with Crippen LogP contribution in [0.2, 0.25) is 5.15 Å². The van der Waals surface area contributed by atoms with E-state index < -0.39 is 0 Å². The normalized spacial score (nSPS) is 12.5. The summed E-state index contributed by atoms with van der Waals surface area (Å²) in [6, 6.07) is 2.37. The third-order valence-corrected chi connectivity index (χ3v) is 3.81. The van der Waals surface area contributed by atoms with Crippen LogP contribution in [0.5, 0.6) is 0 Å². The van der Waals surface area contributed by atoms with Gasteiger partial charge in [-0.05, 0) is 32.4 Å². The van der Waals surface area contributed by atoms with E-state index in [2.05, 4.69) is 42.1 Å². The molecule has 0 fully saturated rings. The number of hydrogen-bond donors (Lipinski definition) is 1. The Labute approximate surface area is 110 Å². The lowest BCUT2D eigenvalue weighted by molar-refractivity contribution is 0.869. The van der Waals surface area contributed by atoms with Crippen molar-refractivity contribution in [2.45, 2.75) is 26.8 Å². The monoisotopic (exact) mass is 267 g/mol. The fourth-order valence-corrected chi connectivity index (χ4v) is 2.96. The molecular formula is C12H14ClN3S. The van der Waals surface area contributed by atoms with Crippen molar-refractivity contribution in [3.8, 4) is 0 Å². The van der Waals surface area contributed by atoms with Crippen LogP contribution in [0.3, 0.4) is 0 Å². The van der Waals surface area contributed by atoms with Gasteiger partial charge in [-0.1, -0.05) is 11.6 Å². The van der Waals surface area contributed by atoms with E-state index in [1.807, 2.05) is 0 Å². The van der Waals surface area contributed by atoms with Gasteiger partial charge in [0.1, 0.15) is 0 Å². The van der Waals surface area contributed by atoms with Gasteiger partial charge >= 0.3 is 0 Å². The summed E-state index contributed by atoms with van der Waals surface area (Å²) in [6.07, 6.45) is 3.21.